The van der Waals surface area contributed by atoms with Gasteiger partial charge in [-0.25, -0.2) is 8.42 Å². The molecule has 1 rings (SSSR count). The van der Waals surface area contributed by atoms with E-state index in [1.54, 1.807) is 5.01 Å². The Morgan fingerprint density at radius 3 is 1.56 bits per heavy atom. The van der Waals surface area contributed by atoms with Crippen molar-refractivity contribution in [2.45, 2.75) is 111 Å². The van der Waals surface area contributed by atoms with Gasteiger partial charge >= 0.3 is 0 Å². The van der Waals surface area contributed by atoms with Crippen molar-refractivity contribution in [3.8, 4) is 0 Å². The highest BCUT2D eigenvalue weighted by Crippen LogP contribution is 2.12. The lowest BCUT2D eigenvalue weighted by Gasteiger charge is -2.33. The summed E-state index contributed by atoms with van der Waals surface area (Å²) in [6.07, 6.45) is 20.2. The molecule has 0 aliphatic carbocycles. The number of quaternary nitrogens is 1. The van der Waals surface area contributed by atoms with E-state index in [0.29, 0.717) is 0 Å². The van der Waals surface area contributed by atoms with E-state index in [9.17, 15) is 13.0 Å². The second kappa shape index (κ2) is 22.5. The van der Waals surface area contributed by atoms with Gasteiger partial charge in [0.05, 0.1) is 46.0 Å². The monoisotopic (exact) mass is 480 g/mol. The molecule has 8 heteroatoms. The minimum atomic E-state index is -4.42. The molecule has 0 saturated carbocycles. The number of hydrogen-bond donors (Lipinski definition) is 1. The van der Waals surface area contributed by atoms with Crippen LogP contribution in [-0.2, 0) is 19.3 Å². The van der Waals surface area contributed by atoms with Crippen molar-refractivity contribution in [2.75, 3.05) is 46.0 Å². The number of nitrogens with zero attached hydrogens (tertiary/aromatic N) is 1. The molecule has 0 aromatic heterocycles. The summed E-state index contributed by atoms with van der Waals surface area (Å²) in [6, 6.07) is 0. The van der Waals surface area contributed by atoms with Crippen LogP contribution in [0, 0.1) is 0 Å². The van der Waals surface area contributed by atoms with Crippen LogP contribution in [0.25, 0.3) is 0 Å². The zero-order valence-corrected chi connectivity index (χ0v) is 22.1. The largest absolute Gasteiger partial charge is 0.726 e. The molecule has 0 aromatic carbocycles. The SMILES string of the molecule is CCCCCCCCCCCCCCCC[NH+](CC)N1CCOCC1.CCOS(=O)(=O)[O-]. The molecule has 1 aliphatic heterocycles. The molecule has 1 fully saturated rings. The average molecular weight is 481 g/mol. The van der Waals surface area contributed by atoms with Crippen molar-refractivity contribution in [1.29, 1.82) is 0 Å². The van der Waals surface area contributed by atoms with Crippen LogP contribution in [0.5, 0.6) is 0 Å². The number of hydrogen-bond acceptors (Lipinski definition) is 6. The molecule has 0 bridgehead atoms. The molecule has 1 atom stereocenters. The normalized spacial score (nSPS) is 15.9. The van der Waals surface area contributed by atoms with Crippen LogP contribution in [-0.4, -0.2) is 64.0 Å². The maximum atomic E-state index is 9.45. The molecular weight excluding hydrogens is 428 g/mol. The van der Waals surface area contributed by atoms with Crippen LogP contribution in [0.4, 0.5) is 0 Å². The lowest BCUT2D eigenvalue weighted by atomic mass is 10.0. The van der Waals surface area contributed by atoms with Gasteiger partial charge in [0.15, 0.2) is 0 Å². The fraction of sp³-hybridized carbons (Fsp3) is 1.00. The van der Waals surface area contributed by atoms with Gasteiger partial charge in [-0.1, -0.05) is 84.0 Å². The molecule has 1 aliphatic rings. The number of nitrogens with one attached hydrogen (secondary N) is 1. The molecule has 1 saturated heterocycles. The van der Waals surface area contributed by atoms with E-state index in [2.05, 4.69) is 23.0 Å². The first-order chi connectivity index (χ1) is 15.4. The molecule has 0 spiro atoms. The highest BCUT2D eigenvalue weighted by atomic mass is 32.3. The second-order valence-electron chi connectivity index (χ2n) is 8.68. The highest BCUT2D eigenvalue weighted by Gasteiger charge is 2.19. The summed E-state index contributed by atoms with van der Waals surface area (Å²) in [5, 5.41) is 4.24. The lowest BCUT2D eigenvalue weighted by Crippen LogP contribution is -3.18. The van der Waals surface area contributed by atoms with E-state index < -0.39 is 10.4 Å². The fourth-order valence-corrected chi connectivity index (χ4v) is 4.39. The van der Waals surface area contributed by atoms with Crippen LogP contribution in [0.1, 0.15) is 111 Å². The molecule has 7 nitrogen and oxygen atoms in total. The summed E-state index contributed by atoms with van der Waals surface area (Å²) < 4.78 is 37.5. The Hall–Kier alpha value is -0.250. The summed E-state index contributed by atoms with van der Waals surface area (Å²) in [4.78, 5) is 0. The predicted octanol–water partition coefficient (Wildman–Crippen LogP) is 4.10. The first-order valence-electron chi connectivity index (χ1n) is 13.2. The molecule has 0 amide bonds. The molecular formula is C24H52N2O5S. The predicted molar refractivity (Wildman–Crippen MR) is 130 cm³/mol. The van der Waals surface area contributed by atoms with Gasteiger partial charge < -0.3 is 9.29 Å². The van der Waals surface area contributed by atoms with E-state index in [1.165, 1.54) is 110 Å². The number of unbranched alkanes of at least 4 members (excludes halogenated alkanes) is 13. The smallest absolute Gasteiger partial charge is 0.217 e. The van der Waals surface area contributed by atoms with E-state index in [-0.39, 0.29) is 6.61 Å². The number of ether oxygens (including phenoxy) is 1. The van der Waals surface area contributed by atoms with E-state index >= 15 is 0 Å². The second-order valence-corrected chi connectivity index (χ2v) is 9.73. The van der Waals surface area contributed by atoms with Gasteiger partial charge in [0.1, 0.15) is 0 Å². The van der Waals surface area contributed by atoms with Crippen molar-refractivity contribution in [3.05, 3.63) is 0 Å². The average Bonchev–Trinajstić information content (AvgIpc) is 2.77. The quantitative estimate of drug-likeness (QED) is 0.170. The molecule has 1 N–H and O–H groups in total. The van der Waals surface area contributed by atoms with Crippen LogP contribution in [0.2, 0.25) is 0 Å². The van der Waals surface area contributed by atoms with Gasteiger partial charge in [-0.05, 0) is 26.7 Å². The molecule has 1 heterocycles. The maximum absolute atomic E-state index is 9.45. The zero-order valence-electron chi connectivity index (χ0n) is 21.2. The Bertz CT molecular complexity index is 485. The topological polar surface area (TPSA) is 83.3 Å². The van der Waals surface area contributed by atoms with Crippen LogP contribution < -0.4 is 5.01 Å². The third-order valence-electron chi connectivity index (χ3n) is 5.95. The summed E-state index contributed by atoms with van der Waals surface area (Å²) in [5.41, 5.74) is 0. The molecule has 194 valence electrons. The Kier molecular flexibility index (Phi) is 22.4. The van der Waals surface area contributed by atoms with Crippen LogP contribution >= 0.6 is 0 Å². The van der Waals surface area contributed by atoms with Crippen molar-refractivity contribution in [2.24, 2.45) is 0 Å². The maximum Gasteiger partial charge on any atom is 0.217 e. The van der Waals surface area contributed by atoms with Crippen LogP contribution in [0.15, 0.2) is 0 Å². The summed E-state index contributed by atoms with van der Waals surface area (Å²) in [5.74, 6) is 0. The third-order valence-corrected chi connectivity index (χ3v) is 6.47. The van der Waals surface area contributed by atoms with Gasteiger partial charge in [0, 0.05) is 0 Å². The van der Waals surface area contributed by atoms with Crippen molar-refractivity contribution in [3.63, 3.8) is 0 Å². The fourth-order valence-electron chi connectivity index (χ4n) is 4.11. The van der Waals surface area contributed by atoms with Gasteiger partial charge in [-0.3, -0.25) is 9.19 Å². The van der Waals surface area contributed by atoms with Crippen molar-refractivity contribution >= 4 is 10.4 Å². The van der Waals surface area contributed by atoms with Gasteiger partial charge in [0.25, 0.3) is 0 Å². The zero-order chi connectivity index (χ0) is 23.9. The van der Waals surface area contributed by atoms with Gasteiger partial charge in [-0.15, -0.1) is 0 Å². The Morgan fingerprint density at radius 1 is 0.781 bits per heavy atom. The van der Waals surface area contributed by atoms with Crippen LogP contribution in [0.3, 0.4) is 0 Å². The Morgan fingerprint density at radius 2 is 1.22 bits per heavy atom. The summed E-state index contributed by atoms with van der Waals surface area (Å²) in [7, 11) is -4.42. The number of rotatable bonds is 19. The van der Waals surface area contributed by atoms with E-state index in [0.717, 1.165) is 26.3 Å². The first-order valence-corrected chi connectivity index (χ1v) is 14.6. The van der Waals surface area contributed by atoms with Crippen molar-refractivity contribution < 1.29 is 26.9 Å². The molecule has 1 unspecified atom stereocenters. The molecule has 0 aromatic rings. The minimum absolute atomic E-state index is 0.0914. The Labute approximate surface area is 199 Å². The van der Waals surface area contributed by atoms with Gasteiger partial charge in [-0.2, -0.15) is 5.01 Å². The standard InChI is InChI=1S/C22H46N2O.C2H6O4S/c1-3-5-6-7-8-9-10-11-12-13-14-15-16-17-18-23(4-2)24-19-21-25-22-20-24;1-2-6-7(3,4)5/h3-22H2,1-2H3;2H2,1H3,(H,3,4,5). The minimum Gasteiger partial charge on any atom is -0.726 e. The molecule has 32 heavy (non-hydrogen) atoms. The Balaban J connectivity index is 0.00000118. The highest BCUT2D eigenvalue weighted by molar-refractivity contribution is 7.80. The summed E-state index contributed by atoms with van der Waals surface area (Å²) in [6.45, 7) is 12.5. The van der Waals surface area contributed by atoms with E-state index in [1.807, 2.05) is 0 Å². The lowest BCUT2D eigenvalue weighted by molar-refractivity contribution is -1.02. The van der Waals surface area contributed by atoms with E-state index in [4.69, 9.17) is 4.74 Å². The molecule has 0 radical (unpaired) electrons. The third kappa shape index (κ3) is 21.6. The van der Waals surface area contributed by atoms with Crippen molar-refractivity contribution in [1.82, 2.24) is 5.01 Å². The number of morpholine rings is 1. The van der Waals surface area contributed by atoms with Gasteiger partial charge in [0.2, 0.25) is 10.4 Å². The first kappa shape index (κ1) is 31.8. The summed E-state index contributed by atoms with van der Waals surface area (Å²) >= 11 is 0.